The van der Waals surface area contributed by atoms with Crippen molar-refractivity contribution in [1.29, 1.82) is 5.26 Å². The molecule has 0 saturated heterocycles. The number of hydrogen-bond donors (Lipinski definition) is 1. The first-order valence-corrected chi connectivity index (χ1v) is 8.81. The zero-order chi connectivity index (χ0) is 19.7. The second kappa shape index (κ2) is 7.18. The number of nitrogen functional groups attached to an aromatic ring is 1. The molecule has 1 amide bonds. The molecule has 28 heavy (non-hydrogen) atoms. The number of nitrogens with two attached hydrogens (primary N) is 1. The molecule has 0 atom stereocenters. The van der Waals surface area contributed by atoms with E-state index in [1.807, 2.05) is 24.3 Å². The normalized spacial score (nSPS) is 13.3. The zero-order valence-electron chi connectivity index (χ0n) is 14.6. The molecule has 0 spiro atoms. The number of anilines is 2. The van der Waals surface area contributed by atoms with Crippen molar-refractivity contribution in [2.75, 3.05) is 23.8 Å². The summed E-state index contributed by atoms with van der Waals surface area (Å²) in [6.45, 7) is 0.630. The minimum atomic E-state index is -0.317. The Morgan fingerprint density at radius 1 is 1.18 bits per heavy atom. The molecule has 138 valence electrons. The van der Waals surface area contributed by atoms with E-state index < -0.39 is 0 Å². The summed E-state index contributed by atoms with van der Waals surface area (Å²) in [4.78, 5) is 22.4. The first kappa shape index (κ1) is 17.8. The molecule has 3 aromatic rings. The molecule has 1 aromatic heterocycles. The van der Waals surface area contributed by atoms with Gasteiger partial charge in [-0.3, -0.25) is 4.79 Å². The summed E-state index contributed by atoms with van der Waals surface area (Å²) in [6, 6.07) is 14.6. The van der Waals surface area contributed by atoms with E-state index >= 15 is 0 Å². The number of hydrogen-bond acceptors (Lipinski definition) is 6. The van der Waals surface area contributed by atoms with E-state index in [2.05, 4.69) is 16.0 Å². The van der Waals surface area contributed by atoms with E-state index in [4.69, 9.17) is 22.1 Å². The van der Waals surface area contributed by atoms with Gasteiger partial charge in [-0.2, -0.15) is 5.26 Å². The lowest BCUT2D eigenvalue weighted by Gasteiger charge is -2.20. The van der Waals surface area contributed by atoms with Crippen LogP contribution in [0.15, 0.2) is 48.8 Å². The molecule has 2 N–H and O–H groups in total. The van der Waals surface area contributed by atoms with E-state index in [1.165, 1.54) is 6.33 Å². The van der Waals surface area contributed by atoms with E-state index in [-0.39, 0.29) is 29.8 Å². The third-order valence-corrected chi connectivity index (χ3v) is 4.68. The van der Waals surface area contributed by atoms with Crippen LogP contribution >= 0.6 is 11.6 Å². The lowest BCUT2D eigenvalue weighted by Crippen LogP contribution is -2.32. The number of nitriles is 1. The summed E-state index contributed by atoms with van der Waals surface area (Å²) >= 11 is 5.97. The molecule has 0 unspecified atom stereocenters. The van der Waals surface area contributed by atoms with Crippen LogP contribution in [0.1, 0.15) is 15.9 Å². The average Bonchev–Trinajstić information content (AvgIpc) is 2.88. The molecule has 1 aliphatic heterocycles. The Morgan fingerprint density at radius 3 is 2.71 bits per heavy atom. The van der Waals surface area contributed by atoms with Crippen LogP contribution in [0.25, 0.3) is 11.1 Å². The fourth-order valence-electron chi connectivity index (χ4n) is 3.09. The van der Waals surface area contributed by atoms with Gasteiger partial charge in [0.15, 0.2) is 0 Å². The van der Waals surface area contributed by atoms with E-state index in [0.717, 1.165) is 11.1 Å². The minimum absolute atomic E-state index is 0.0818. The number of halogens is 1. The molecular weight excluding hydrogens is 378 g/mol. The smallest absolute Gasteiger partial charge is 0.267 e. The summed E-state index contributed by atoms with van der Waals surface area (Å²) in [7, 11) is 0. The summed E-state index contributed by atoms with van der Waals surface area (Å²) in [6.07, 6.45) is 1.27. The van der Waals surface area contributed by atoms with Crippen molar-refractivity contribution < 1.29 is 9.53 Å². The van der Waals surface area contributed by atoms with Gasteiger partial charge in [0.05, 0.1) is 18.2 Å². The molecule has 0 aliphatic carbocycles. The number of rotatable bonds is 2. The Balaban J connectivity index is 1.69. The zero-order valence-corrected chi connectivity index (χ0v) is 15.3. The second-order valence-electron chi connectivity index (χ2n) is 6.09. The highest BCUT2D eigenvalue weighted by atomic mass is 35.5. The van der Waals surface area contributed by atoms with Crippen LogP contribution in [0.2, 0.25) is 5.02 Å². The topological polar surface area (TPSA) is 105 Å². The average molecular weight is 392 g/mol. The van der Waals surface area contributed by atoms with Crippen LogP contribution < -0.4 is 15.4 Å². The predicted octanol–water partition coefficient (Wildman–Crippen LogP) is 3.29. The van der Waals surface area contributed by atoms with E-state index in [0.29, 0.717) is 22.8 Å². The number of carbonyl (C=O) groups excluding carboxylic acids is 1. The van der Waals surface area contributed by atoms with Crippen LogP contribution in [0.5, 0.6) is 5.88 Å². The van der Waals surface area contributed by atoms with Crippen molar-refractivity contribution in [1.82, 2.24) is 9.97 Å². The Kier molecular flexibility index (Phi) is 4.55. The third kappa shape index (κ3) is 3.10. The van der Waals surface area contributed by atoms with Gasteiger partial charge in [0.2, 0.25) is 5.88 Å². The van der Waals surface area contributed by atoms with Crippen molar-refractivity contribution >= 4 is 29.0 Å². The Labute approximate surface area is 166 Å². The highest BCUT2D eigenvalue weighted by Gasteiger charge is 2.28. The number of amides is 1. The number of nitrogens with zero attached hydrogens (tertiary/aromatic N) is 4. The molecule has 0 fully saturated rings. The van der Waals surface area contributed by atoms with Crippen LogP contribution in [0.3, 0.4) is 0 Å². The fourth-order valence-corrected chi connectivity index (χ4v) is 3.26. The van der Waals surface area contributed by atoms with Gasteiger partial charge in [0.1, 0.15) is 24.3 Å². The molecule has 2 aromatic carbocycles. The van der Waals surface area contributed by atoms with Crippen LogP contribution in [0, 0.1) is 11.3 Å². The van der Waals surface area contributed by atoms with Crippen LogP contribution in [-0.4, -0.2) is 29.0 Å². The highest BCUT2D eigenvalue weighted by Crippen LogP contribution is 2.30. The molecule has 0 bridgehead atoms. The van der Waals surface area contributed by atoms with E-state index in [1.54, 1.807) is 23.1 Å². The minimum Gasteiger partial charge on any atom is -0.475 e. The predicted molar refractivity (Wildman–Crippen MR) is 105 cm³/mol. The maximum absolute atomic E-state index is 13.0. The summed E-state index contributed by atoms with van der Waals surface area (Å²) in [5.41, 5.74) is 8.81. The van der Waals surface area contributed by atoms with E-state index in [9.17, 15) is 10.1 Å². The van der Waals surface area contributed by atoms with Crippen LogP contribution in [-0.2, 0) is 0 Å². The molecule has 4 rings (SSSR count). The SMILES string of the molecule is N#Cc1cc(Cl)ccc1-c1ccc(N2CCOc3ncnc(N)c3C2=O)cc1. The molecule has 7 nitrogen and oxygen atoms in total. The number of carbonyl (C=O) groups is 1. The monoisotopic (exact) mass is 391 g/mol. The van der Waals surface area contributed by atoms with Crippen LogP contribution in [0.4, 0.5) is 11.5 Å². The second-order valence-corrected chi connectivity index (χ2v) is 6.53. The first-order valence-electron chi connectivity index (χ1n) is 8.43. The van der Waals surface area contributed by atoms with Gasteiger partial charge in [-0.1, -0.05) is 29.8 Å². The molecule has 8 heteroatoms. The number of aromatic nitrogens is 2. The van der Waals surface area contributed by atoms with Gasteiger partial charge < -0.3 is 15.4 Å². The van der Waals surface area contributed by atoms with Gasteiger partial charge in [-0.25, -0.2) is 9.97 Å². The van der Waals surface area contributed by atoms with Gasteiger partial charge >= 0.3 is 0 Å². The van der Waals surface area contributed by atoms with Crippen molar-refractivity contribution in [3.05, 3.63) is 64.9 Å². The molecule has 0 radical (unpaired) electrons. The highest BCUT2D eigenvalue weighted by molar-refractivity contribution is 6.30. The van der Waals surface area contributed by atoms with Crippen molar-refractivity contribution in [3.8, 4) is 23.1 Å². The van der Waals surface area contributed by atoms with Gasteiger partial charge in [-0.15, -0.1) is 0 Å². The Bertz CT molecular complexity index is 1110. The fraction of sp³-hybridized carbons (Fsp3) is 0.100. The Hall–Kier alpha value is -3.63. The molecule has 0 saturated carbocycles. The number of fused-ring (bicyclic) bond motifs is 1. The lowest BCUT2D eigenvalue weighted by molar-refractivity contribution is 0.0990. The quantitative estimate of drug-likeness (QED) is 0.718. The molecule has 1 aliphatic rings. The van der Waals surface area contributed by atoms with Gasteiger partial charge in [-0.05, 0) is 35.4 Å². The van der Waals surface area contributed by atoms with Crippen molar-refractivity contribution in [2.45, 2.75) is 0 Å². The summed E-state index contributed by atoms with van der Waals surface area (Å²) in [5.74, 6) is -0.0441. The molecular formula is C20H14ClN5O2. The first-order chi connectivity index (χ1) is 13.6. The maximum Gasteiger partial charge on any atom is 0.267 e. The summed E-state index contributed by atoms with van der Waals surface area (Å²) < 4.78 is 5.54. The number of benzene rings is 2. The van der Waals surface area contributed by atoms with Crippen molar-refractivity contribution in [2.24, 2.45) is 0 Å². The van der Waals surface area contributed by atoms with Crippen molar-refractivity contribution in [3.63, 3.8) is 0 Å². The number of ether oxygens (including phenoxy) is 1. The lowest BCUT2D eigenvalue weighted by atomic mass is 10.00. The maximum atomic E-state index is 13.0. The Morgan fingerprint density at radius 2 is 1.96 bits per heavy atom. The van der Waals surface area contributed by atoms with Gasteiger partial charge in [0, 0.05) is 10.7 Å². The third-order valence-electron chi connectivity index (χ3n) is 4.45. The van der Waals surface area contributed by atoms with Gasteiger partial charge in [0.25, 0.3) is 5.91 Å². The standard InChI is InChI=1S/C20H14ClN5O2/c21-14-3-6-16(13(9-14)10-22)12-1-4-15(5-2-12)26-7-8-28-19-17(20(26)27)18(23)24-11-25-19/h1-6,9,11H,7-8H2,(H2,23,24,25). The largest absolute Gasteiger partial charge is 0.475 e. The molecule has 2 heterocycles. The summed E-state index contributed by atoms with van der Waals surface area (Å²) in [5, 5.41) is 9.85.